The SMILES string of the molecule is COc1ccc(C(=O)N[C@H]2CN(CC(N)=O)C[C@@H]2C2CC2)cc1Cl. The summed E-state index contributed by atoms with van der Waals surface area (Å²) in [6, 6.07) is 5.02. The van der Waals surface area contributed by atoms with Crippen LogP contribution in [0.4, 0.5) is 0 Å². The van der Waals surface area contributed by atoms with Gasteiger partial charge in [0.1, 0.15) is 5.75 Å². The largest absolute Gasteiger partial charge is 0.495 e. The van der Waals surface area contributed by atoms with E-state index in [4.69, 9.17) is 22.1 Å². The third-order valence-electron chi connectivity index (χ3n) is 4.78. The molecule has 1 aromatic rings. The lowest BCUT2D eigenvalue weighted by Gasteiger charge is -2.19. The Kier molecular flexibility index (Phi) is 4.96. The minimum Gasteiger partial charge on any atom is -0.495 e. The van der Waals surface area contributed by atoms with Crippen LogP contribution in [0.25, 0.3) is 0 Å². The summed E-state index contributed by atoms with van der Waals surface area (Å²) in [6.07, 6.45) is 2.38. The van der Waals surface area contributed by atoms with Crippen LogP contribution in [0.2, 0.25) is 5.02 Å². The Morgan fingerprint density at radius 3 is 2.71 bits per heavy atom. The maximum atomic E-state index is 12.5. The van der Waals surface area contributed by atoms with Crippen LogP contribution in [-0.2, 0) is 4.79 Å². The molecule has 1 saturated carbocycles. The van der Waals surface area contributed by atoms with E-state index in [-0.39, 0.29) is 24.4 Å². The molecule has 2 amide bonds. The highest BCUT2D eigenvalue weighted by Crippen LogP contribution is 2.41. The average Bonchev–Trinajstić information content (AvgIpc) is 3.30. The van der Waals surface area contributed by atoms with Crippen molar-refractivity contribution in [2.45, 2.75) is 18.9 Å². The quantitative estimate of drug-likeness (QED) is 0.808. The summed E-state index contributed by atoms with van der Waals surface area (Å²) in [5.74, 6) is 1.06. The highest BCUT2D eigenvalue weighted by molar-refractivity contribution is 6.32. The summed E-state index contributed by atoms with van der Waals surface area (Å²) in [4.78, 5) is 25.7. The molecule has 2 aliphatic rings. The molecule has 1 heterocycles. The van der Waals surface area contributed by atoms with E-state index in [9.17, 15) is 9.59 Å². The molecule has 0 bridgehead atoms. The van der Waals surface area contributed by atoms with Crippen molar-refractivity contribution in [1.29, 1.82) is 0 Å². The van der Waals surface area contributed by atoms with Gasteiger partial charge in [-0.3, -0.25) is 14.5 Å². The lowest BCUT2D eigenvalue weighted by Crippen LogP contribution is -2.41. The number of nitrogens with zero attached hydrogens (tertiary/aromatic N) is 1. The van der Waals surface area contributed by atoms with E-state index in [1.54, 1.807) is 18.2 Å². The summed E-state index contributed by atoms with van der Waals surface area (Å²) in [6.45, 7) is 1.70. The van der Waals surface area contributed by atoms with Crippen molar-refractivity contribution in [1.82, 2.24) is 10.2 Å². The number of benzene rings is 1. The molecule has 7 heteroatoms. The monoisotopic (exact) mass is 351 g/mol. The summed E-state index contributed by atoms with van der Waals surface area (Å²) in [5, 5.41) is 3.51. The Labute approximate surface area is 146 Å². The fourth-order valence-corrected chi connectivity index (χ4v) is 3.73. The molecule has 0 radical (unpaired) electrons. The van der Waals surface area contributed by atoms with Crippen LogP contribution in [0.5, 0.6) is 5.75 Å². The van der Waals surface area contributed by atoms with Gasteiger partial charge in [0.15, 0.2) is 0 Å². The zero-order valence-corrected chi connectivity index (χ0v) is 14.4. The molecule has 1 aliphatic carbocycles. The van der Waals surface area contributed by atoms with Crippen molar-refractivity contribution in [2.24, 2.45) is 17.6 Å². The number of hydrogen-bond donors (Lipinski definition) is 2. The Balaban J connectivity index is 1.67. The maximum Gasteiger partial charge on any atom is 0.251 e. The lowest BCUT2D eigenvalue weighted by molar-refractivity contribution is -0.118. The molecule has 1 saturated heterocycles. The highest BCUT2D eigenvalue weighted by atomic mass is 35.5. The zero-order valence-electron chi connectivity index (χ0n) is 13.6. The van der Waals surface area contributed by atoms with E-state index in [1.807, 2.05) is 4.90 Å². The maximum absolute atomic E-state index is 12.5. The second-order valence-corrected chi connectivity index (χ2v) is 7.00. The molecule has 1 aliphatic heterocycles. The molecule has 3 N–H and O–H groups in total. The first-order valence-corrected chi connectivity index (χ1v) is 8.50. The third kappa shape index (κ3) is 3.82. The third-order valence-corrected chi connectivity index (χ3v) is 5.07. The van der Waals surface area contributed by atoms with Gasteiger partial charge in [0.2, 0.25) is 5.91 Å². The van der Waals surface area contributed by atoms with Crippen LogP contribution >= 0.6 is 11.6 Å². The first kappa shape index (κ1) is 17.0. The molecule has 3 rings (SSSR count). The number of primary amides is 1. The first-order chi connectivity index (χ1) is 11.5. The molecule has 6 nitrogen and oxygen atoms in total. The van der Waals surface area contributed by atoms with Crippen molar-refractivity contribution >= 4 is 23.4 Å². The molecule has 0 unspecified atom stereocenters. The van der Waals surface area contributed by atoms with E-state index in [0.717, 1.165) is 6.54 Å². The van der Waals surface area contributed by atoms with Crippen molar-refractivity contribution in [2.75, 3.05) is 26.7 Å². The van der Waals surface area contributed by atoms with Crippen molar-refractivity contribution in [3.8, 4) is 5.75 Å². The van der Waals surface area contributed by atoms with E-state index < -0.39 is 0 Å². The Morgan fingerprint density at radius 2 is 2.12 bits per heavy atom. The van der Waals surface area contributed by atoms with Crippen LogP contribution in [0, 0.1) is 11.8 Å². The van der Waals surface area contributed by atoms with Gasteiger partial charge in [0, 0.05) is 24.7 Å². The fourth-order valence-electron chi connectivity index (χ4n) is 3.48. The average molecular weight is 352 g/mol. The van der Waals surface area contributed by atoms with Crippen LogP contribution in [0.15, 0.2) is 18.2 Å². The molecular formula is C17H22ClN3O3. The molecule has 1 aromatic carbocycles. The summed E-state index contributed by atoms with van der Waals surface area (Å²) >= 11 is 6.10. The second-order valence-electron chi connectivity index (χ2n) is 6.59. The molecule has 130 valence electrons. The summed E-state index contributed by atoms with van der Waals surface area (Å²) in [5.41, 5.74) is 5.80. The number of carbonyl (C=O) groups excluding carboxylic acids is 2. The number of amides is 2. The van der Waals surface area contributed by atoms with Crippen LogP contribution < -0.4 is 15.8 Å². The van der Waals surface area contributed by atoms with Crippen LogP contribution in [-0.4, -0.2) is 49.5 Å². The van der Waals surface area contributed by atoms with Crippen molar-refractivity contribution < 1.29 is 14.3 Å². The van der Waals surface area contributed by atoms with Gasteiger partial charge in [-0.05, 0) is 42.9 Å². The van der Waals surface area contributed by atoms with E-state index >= 15 is 0 Å². The van der Waals surface area contributed by atoms with Gasteiger partial charge in [0.05, 0.1) is 18.7 Å². The number of ether oxygens (including phenoxy) is 1. The topological polar surface area (TPSA) is 84.7 Å². The van der Waals surface area contributed by atoms with Crippen molar-refractivity contribution in [3.63, 3.8) is 0 Å². The number of likely N-dealkylation sites (tertiary alicyclic amines) is 1. The van der Waals surface area contributed by atoms with Gasteiger partial charge < -0.3 is 15.8 Å². The Hall–Kier alpha value is -1.79. The van der Waals surface area contributed by atoms with Gasteiger partial charge in [-0.1, -0.05) is 11.6 Å². The molecule has 0 spiro atoms. The molecule has 2 fully saturated rings. The minimum atomic E-state index is -0.335. The number of methoxy groups -OCH3 is 1. The first-order valence-electron chi connectivity index (χ1n) is 8.13. The summed E-state index contributed by atoms with van der Waals surface area (Å²) < 4.78 is 5.11. The number of rotatable bonds is 6. The molecule has 2 atom stereocenters. The van der Waals surface area contributed by atoms with Crippen molar-refractivity contribution in [3.05, 3.63) is 28.8 Å². The normalized spacial score (nSPS) is 23.9. The molecule has 24 heavy (non-hydrogen) atoms. The predicted octanol–water partition coefficient (Wildman–Crippen LogP) is 1.27. The number of carbonyl (C=O) groups is 2. The van der Waals surface area contributed by atoms with E-state index in [1.165, 1.54) is 20.0 Å². The molecular weight excluding hydrogens is 330 g/mol. The van der Waals surface area contributed by atoms with Gasteiger partial charge in [-0.15, -0.1) is 0 Å². The van der Waals surface area contributed by atoms with E-state index in [2.05, 4.69) is 5.32 Å². The number of nitrogens with two attached hydrogens (primary N) is 1. The minimum absolute atomic E-state index is 0.0326. The highest BCUT2D eigenvalue weighted by Gasteiger charge is 2.43. The lowest BCUT2D eigenvalue weighted by atomic mass is 9.98. The van der Waals surface area contributed by atoms with Crippen LogP contribution in [0.3, 0.4) is 0 Å². The Bertz CT molecular complexity index is 648. The van der Waals surface area contributed by atoms with Gasteiger partial charge in [-0.2, -0.15) is 0 Å². The summed E-state index contributed by atoms with van der Waals surface area (Å²) in [7, 11) is 1.53. The Morgan fingerprint density at radius 1 is 1.38 bits per heavy atom. The van der Waals surface area contributed by atoms with Gasteiger partial charge in [0.25, 0.3) is 5.91 Å². The van der Waals surface area contributed by atoms with Gasteiger partial charge >= 0.3 is 0 Å². The van der Waals surface area contributed by atoms with E-state index in [0.29, 0.717) is 34.7 Å². The van der Waals surface area contributed by atoms with Crippen LogP contribution in [0.1, 0.15) is 23.2 Å². The number of hydrogen-bond acceptors (Lipinski definition) is 4. The number of halogens is 1. The standard InChI is InChI=1S/C17H22ClN3O3/c1-24-15-5-4-11(6-13(15)18)17(23)20-14-8-21(9-16(19)22)7-12(14)10-2-3-10/h4-6,10,12,14H,2-3,7-9H2,1H3,(H2,19,22)(H,20,23)/t12-,14+/m1/s1. The fraction of sp³-hybridized carbons (Fsp3) is 0.529. The second kappa shape index (κ2) is 6.99. The van der Waals surface area contributed by atoms with Gasteiger partial charge in [-0.25, -0.2) is 0 Å². The number of nitrogens with one attached hydrogen (secondary N) is 1. The smallest absolute Gasteiger partial charge is 0.251 e. The molecule has 0 aromatic heterocycles. The zero-order chi connectivity index (χ0) is 17.3. The predicted molar refractivity (Wildman–Crippen MR) is 91.1 cm³/mol.